The molecule has 0 spiro atoms. The van der Waals surface area contributed by atoms with E-state index in [1.54, 1.807) is 7.11 Å². The molecule has 0 fully saturated rings. The zero-order chi connectivity index (χ0) is 13.8. The van der Waals surface area contributed by atoms with Gasteiger partial charge in [-0.3, -0.25) is 0 Å². The molecule has 0 unspecified atom stereocenters. The molecule has 104 valence electrons. The summed E-state index contributed by atoms with van der Waals surface area (Å²) in [7, 11) is 1.70. The van der Waals surface area contributed by atoms with Gasteiger partial charge >= 0.3 is 0 Å². The SMILES string of the molecule is COc1ccc(CN[C@H]2CCCc3ccccc32)cc1. The summed E-state index contributed by atoms with van der Waals surface area (Å²) >= 11 is 0. The second-order valence-electron chi connectivity index (χ2n) is 5.37. The second kappa shape index (κ2) is 6.10. The average Bonchev–Trinajstić information content (AvgIpc) is 2.53. The fourth-order valence-corrected chi connectivity index (χ4v) is 2.95. The fourth-order valence-electron chi connectivity index (χ4n) is 2.95. The molecule has 2 nitrogen and oxygen atoms in total. The van der Waals surface area contributed by atoms with Gasteiger partial charge in [0.15, 0.2) is 0 Å². The lowest BCUT2D eigenvalue weighted by Gasteiger charge is -2.26. The summed E-state index contributed by atoms with van der Waals surface area (Å²) in [5, 5.41) is 3.69. The van der Waals surface area contributed by atoms with E-state index in [1.807, 2.05) is 12.1 Å². The molecular weight excluding hydrogens is 246 g/mol. The van der Waals surface area contributed by atoms with Crippen LogP contribution in [0, 0.1) is 0 Å². The van der Waals surface area contributed by atoms with E-state index in [-0.39, 0.29) is 0 Å². The minimum absolute atomic E-state index is 0.488. The van der Waals surface area contributed by atoms with E-state index in [4.69, 9.17) is 4.74 Å². The summed E-state index contributed by atoms with van der Waals surface area (Å²) in [5.74, 6) is 0.914. The van der Waals surface area contributed by atoms with Gasteiger partial charge in [-0.05, 0) is 48.1 Å². The number of rotatable bonds is 4. The van der Waals surface area contributed by atoms with Crippen LogP contribution in [0.25, 0.3) is 0 Å². The van der Waals surface area contributed by atoms with Crippen LogP contribution in [0.3, 0.4) is 0 Å². The van der Waals surface area contributed by atoms with E-state index in [2.05, 4.69) is 41.7 Å². The smallest absolute Gasteiger partial charge is 0.118 e. The maximum atomic E-state index is 5.19. The molecule has 0 aliphatic heterocycles. The molecule has 0 radical (unpaired) electrons. The molecule has 0 saturated carbocycles. The number of benzene rings is 2. The maximum absolute atomic E-state index is 5.19. The molecule has 2 heteroatoms. The molecule has 0 bridgehead atoms. The highest BCUT2D eigenvalue weighted by atomic mass is 16.5. The summed E-state index contributed by atoms with van der Waals surface area (Å²) in [5.41, 5.74) is 4.28. The third-order valence-electron chi connectivity index (χ3n) is 4.08. The first kappa shape index (κ1) is 13.2. The van der Waals surface area contributed by atoms with Crippen molar-refractivity contribution in [3.63, 3.8) is 0 Å². The number of hydrogen-bond acceptors (Lipinski definition) is 2. The van der Waals surface area contributed by atoms with Gasteiger partial charge in [0.1, 0.15) is 5.75 Å². The van der Waals surface area contributed by atoms with Gasteiger partial charge in [0.05, 0.1) is 7.11 Å². The van der Waals surface area contributed by atoms with Crippen LogP contribution >= 0.6 is 0 Å². The monoisotopic (exact) mass is 267 g/mol. The van der Waals surface area contributed by atoms with Gasteiger partial charge in [0, 0.05) is 12.6 Å². The van der Waals surface area contributed by atoms with E-state index < -0.39 is 0 Å². The Labute approximate surface area is 120 Å². The summed E-state index contributed by atoms with van der Waals surface area (Å²) in [6.07, 6.45) is 3.72. The standard InChI is InChI=1S/C18H21NO/c1-20-16-11-9-14(10-12-16)13-19-18-8-4-6-15-5-2-3-7-17(15)18/h2-3,5,7,9-12,18-19H,4,6,8,13H2,1H3/t18-/m0/s1. The van der Waals surface area contributed by atoms with Crippen molar-refractivity contribution in [2.75, 3.05) is 7.11 Å². The van der Waals surface area contributed by atoms with Crippen LogP contribution in [0.15, 0.2) is 48.5 Å². The van der Waals surface area contributed by atoms with Gasteiger partial charge in [-0.25, -0.2) is 0 Å². The highest BCUT2D eigenvalue weighted by Gasteiger charge is 2.18. The van der Waals surface area contributed by atoms with E-state index in [9.17, 15) is 0 Å². The average molecular weight is 267 g/mol. The quantitative estimate of drug-likeness (QED) is 0.908. The van der Waals surface area contributed by atoms with Crippen LogP contribution in [0.1, 0.15) is 35.6 Å². The van der Waals surface area contributed by atoms with Crippen molar-refractivity contribution >= 4 is 0 Å². The lowest BCUT2D eigenvalue weighted by Crippen LogP contribution is -2.24. The third kappa shape index (κ3) is 2.86. The van der Waals surface area contributed by atoms with Gasteiger partial charge in [-0.15, -0.1) is 0 Å². The van der Waals surface area contributed by atoms with E-state index in [0.29, 0.717) is 6.04 Å². The molecule has 1 atom stereocenters. The van der Waals surface area contributed by atoms with Crippen LogP contribution in [0.2, 0.25) is 0 Å². The summed E-state index contributed by atoms with van der Waals surface area (Å²) < 4.78 is 5.19. The minimum atomic E-state index is 0.488. The van der Waals surface area contributed by atoms with Crippen molar-refractivity contribution in [2.45, 2.75) is 31.8 Å². The van der Waals surface area contributed by atoms with Gasteiger partial charge in [-0.2, -0.15) is 0 Å². The number of hydrogen-bond donors (Lipinski definition) is 1. The van der Waals surface area contributed by atoms with Gasteiger partial charge in [-0.1, -0.05) is 36.4 Å². The molecule has 0 aromatic heterocycles. The largest absolute Gasteiger partial charge is 0.497 e. The van der Waals surface area contributed by atoms with Crippen molar-refractivity contribution in [2.24, 2.45) is 0 Å². The number of ether oxygens (including phenoxy) is 1. The summed E-state index contributed by atoms with van der Waals surface area (Å²) in [6, 6.07) is 17.6. The van der Waals surface area contributed by atoms with Crippen LogP contribution in [0.5, 0.6) is 5.75 Å². The first-order valence-corrected chi connectivity index (χ1v) is 7.31. The fraction of sp³-hybridized carbons (Fsp3) is 0.333. The Kier molecular flexibility index (Phi) is 4.03. The number of nitrogens with one attached hydrogen (secondary N) is 1. The molecule has 1 N–H and O–H groups in total. The molecule has 0 amide bonds. The number of aryl methyl sites for hydroxylation is 1. The van der Waals surface area contributed by atoms with Crippen LogP contribution in [-0.4, -0.2) is 7.11 Å². The molecule has 3 rings (SSSR count). The predicted molar refractivity (Wildman–Crippen MR) is 82.0 cm³/mol. The second-order valence-corrected chi connectivity index (χ2v) is 5.37. The highest BCUT2D eigenvalue weighted by molar-refractivity contribution is 5.32. The van der Waals surface area contributed by atoms with E-state index >= 15 is 0 Å². The van der Waals surface area contributed by atoms with Crippen molar-refractivity contribution in [1.82, 2.24) is 5.32 Å². The van der Waals surface area contributed by atoms with Crippen molar-refractivity contribution < 1.29 is 4.74 Å². The minimum Gasteiger partial charge on any atom is -0.497 e. The normalized spacial score (nSPS) is 17.6. The molecule has 1 aliphatic rings. The third-order valence-corrected chi connectivity index (χ3v) is 4.08. The first-order valence-electron chi connectivity index (χ1n) is 7.31. The Bertz CT molecular complexity index is 562. The van der Waals surface area contributed by atoms with Crippen LogP contribution < -0.4 is 10.1 Å². The van der Waals surface area contributed by atoms with Gasteiger partial charge < -0.3 is 10.1 Å². The molecule has 1 aliphatic carbocycles. The highest BCUT2D eigenvalue weighted by Crippen LogP contribution is 2.29. The van der Waals surface area contributed by atoms with E-state index in [1.165, 1.54) is 36.0 Å². The van der Waals surface area contributed by atoms with Gasteiger partial charge in [0.2, 0.25) is 0 Å². The molecule has 2 aromatic carbocycles. The summed E-state index contributed by atoms with van der Waals surface area (Å²) in [4.78, 5) is 0. The zero-order valence-corrected chi connectivity index (χ0v) is 11.9. The Balaban J connectivity index is 1.66. The van der Waals surface area contributed by atoms with Crippen molar-refractivity contribution in [1.29, 1.82) is 0 Å². The topological polar surface area (TPSA) is 21.3 Å². The Hall–Kier alpha value is -1.80. The van der Waals surface area contributed by atoms with Gasteiger partial charge in [0.25, 0.3) is 0 Å². The first-order chi connectivity index (χ1) is 9.86. The Morgan fingerprint density at radius 2 is 1.90 bits per heavy atom. The van der Waals surface area contributed by atoms with E-state index in [0.717, 1.165) is 12.3 Å². The van der Waals surface area contributed by atoms with Crippen molar-refractivity contribution in [3.8, 4) is 5.75 Å². The molecule has 0 heterocycles. The van der Waals surface area contributed by atoms with Crippen LogP contribution in [-0.2, 0) is 13.0 Å². The Morgan fingerprint density at radius 3 is 2.70 bits per heavy atom. The number of fused-ring (bicyclic) bond motifs is 1. The molecule has 0 saturated heterocycles. The Morgan fingerprint density at radius 1 is 1.10 bits per heavy atom. The zero-order valence-electron chi connectivity index (χ0n) is 11.9. The molecular formula is C18H21NO. The van der Waals surface area contributed by atoms with Crippen molar-refractivity contribution in [3.05, 3.63) is 65.2 Å². The summed E-state index contributed by atoms with van der Waals surface area (Å²) in [6.45, 7) is 0.906. The maximum Gasteiger partial charge on any atom is 0.118 e. The van der Waals surface area contributed by atoms with Crippen LogP contribution in [0.4, 0.5) is 0 Å². The lowest BCUT2D eigenvalue weighted by atomic mass is 9.87. The lowest BCUT2D eigenvalue weighted by molar-refractivity contribution is 0.414. The molecule has 2 aromatic rings. The predicted octanol–water partition coefficient (Wildman–Crippen LogP) is 3.86. The molecule has 20 heavy (non-hydrogen) atoms. The number of methoxy groups -OCH3 is 1.